The third kappa shape index (κ3) is 5.42. The third-order valence-electron chi connectivity index (χ3n) is 3.95. The molecule has 0 spiro atoms. The number of hydrogen-bond donors (Lipinski definition) is 3. The van der Waals surface area contributed by atoms with E-state index in [-0.39, 0.29) is 5.91 Å². The predicted molar refractivity (Wildman–Crippen MR) is 131 cm³/mol. The van der Waals surface area contributed by atoms with Crippen LogP contribution in [-0.2, 0) is 0 Å². The molecule has 0 aliphatic rings. The largest absolute Gasteiger partial charge is 0.495 e. The van der Waals surface area contributed by atoms with Gasteiger partial charge in [0.1, 0.15) is 16.4 Å². The Morgan fingerprint density at radius 1 is 1.00 bits per heavy atom. The number of halogens is 2. The summed E-state index contributed by atoms with van der Waals surface area (Å²) >= 11 is 16.3. The van der Waals surface area contributed by atoms with Crippen LogP contribution in [0.15, 0.2) is 52.3 Å². The highest BCUT2D eigenvalue weighted by Crippen LogP contribution is 2.36. The number of amides is 1. The van der Waals surface area contributed by atoms with Gasteiger partial charge in [-0.3, -0.25) is 4.79 Å². The van der Waals surface area contributed by atoms with Crippen molar-refractivity contribution in [3.63, 3.8) is 0 Å². The number of thiophene rings is 1. The van der Waals surface area contributed by atoms with Crippen LogP contribution in [0.3, 0.4) is 0 Å². The van der Waals surface area contributed by atoms with Gasteiger partial charge in [-0.15, -0.1) is 11.3 Å². The Hall–Kier alpha value is -2.33. The molecule has 0 saturated carbocycles. The van der Waals surface area contributed by atoms with Gasteiger partial charge in [0.05, 0.1) is 24.9 Å². The molecule has 6 nitrogen and oxygen atoms in total. The van der Waals surface area contributed by atoms with Crippen LogP contribution < -0.4 is 25.4 Å². The summed E-state index contributed by atoms with van der Waals surface area (Å²) in [5.41, 5.74) is 2.03. The smallest absolute Gasteiger partial charge is 0.266 e. The summed E-state index contributed by atoms with van der Waals surface area (Å²) in [5.74, 6) is 0.876. The second-order valence-corrected chi connectivity index (χ2v) is 8.48. The van der Waals surface area contributed by atoms with Gasteiger partial charge in [-0.2, -0.15) is 0 Å². The molecule has 0 aliphatic carbocycles. The van der Waals surface area contributed by atoms with Crippen LogP contribution in [0.1, 0.15) is 9.67 Å². The highest BCUT2D eigenvalue weighted by atomic mass is 79.9. The molecule has 1 heterocycles. The van der Waals surface area contributed by atoms with Crippen molar-refractivity contribution in [1.29, 1.82) is 0 Å². The highest BCUT2D eigenvalue weighted by Gasteiger charge is 2.13. The minimum Gasteiger partial charge on any atom is -0.495 e. The Morgan fingerprint density at radius 3 is 2.20 bits per heavy atom. The van der Waals surface area contributed by atoms with E-state index in [1.165, 1.54) is 18.4 Å². The molecule has 30 heavy (non-hydrogen) atoms. The fourth-order valence-electron chi connectivity index (χ4n) is 2.52. The Morgan fingerprint density at radius 2 is 1.63 bits per heavy atom. The SMILES string of the molecule is COc1cc(OC)c(NC(=S)Nc2ccc(NC(=O)c3sccc3Br)cc2)cc1Cl. The standard InChI is InChI=1S/C20H17BrClN3O3S2/c1-27-16-10-17(28-2)15(9-14(16)22)25-20(29)24-12-5-3-11(4-6-12)23-19(26)18-13(21)7-8-30-18/h3-10H,1-2H3,(H,23,26)(H2,24,25,29). The number of methoxy groups -OCH3 is 2. The maximum Gasteiger partial charge on any atom is 0.266 e. The Kier molecular flexibility index (Phi) is 7.54. The first-order valence-corrected chi connectivity index (χ1v) is 11.0. The number of ether oxygens (including phenoxy) is 2. The highest BCUT2D eigenvalue weighted by molar-refractivity contribution is 9.10. The molecule has 3 rings (SSSR count). The van der Waals surface area contributed by atoms with Gasteiger partial charge in [0.25, 0.3) is 5.91 Å². The van der Waals surface area contributed by atoms with Crippen LogP contribution in [0, 0.1) is 0 Å². The van der Waals surface area contributed by atoms with Crippen molar-refractivity contribution in [3.8, 4) is 11.5 Å². The molecule has 1 aromatic heterocycles. The molecule has 3 N–H and O–H groups in total. The average Bonchev–Trinajstić information content (AvgIpc) is 3.15. The van der Waals surface area contributed by atoms with E-state index in [9.17, 15) is 4.79 Å². The van der Waals surface area contributed by atoms with E-state index in [1.807, 2.05) is 23.6 Å². The van der Waals surface area contributed by atoms with Gasteiger partial charge < -0.3 is 25.4 Å². The molecule has 156 valence electrons. The zero-order valence-electron chi connectivity index (χ0n) is 15.9. The van der Waals surface area contributed by atoms with Crippen molar-refractivity contribution >= 4 is 79.2 Å². The van der Waals surface area contributed by atoms with Crippen molar-refractivity contribution in [2.75, 3.05) is 30.2 Å². The summed E-state index contributed by atoms with van der Waals surface area (Å²) < 4.78 is 11.3. The lowest BCUT2D eigenvalue weighted by Crippen LogP contribution is -2.19. The molecule has 0 saturated heterocycles. The zero-order chi connectivity index (χ0) is 21.7. The van der Waals surface area contributed by atoms with Gasteiger partial charge in [0.15, 0.2) is 5.11 Å². The van der Waals surface area contributed by atoms with E-state index < -0.39 is 0 Å². The van der Waals surface area contributed by atoms with Crippen molar-refractivity contribution in [3.05, 3.63) is 62.2 Å². The topological polar surface area (TPSA) is 71.6 Å². The Labute approximate surface area is 196 Å². The minimum absolute atomic E-state index is 0.168. The molecule has 0 atom stereocenters. The predicted octanol–water partition coefficient (Wildman–Crippen LogP) is 6.24. The molecule has 1 amide bonds. The second-order valence-electron chi connectivity index (χ2n) is 5.90. The minimum atomic E-state index is -0.168. The molecule has 0 aliphatic heterocycles. The average molecular weight is 527 g/mol. The lowest BCUT2D eigenvalue weighted by atomic mass is 10.2. The first kappa shape index (κ1) is 22.4. The normalized spacial score (nSPS) is 10.3. The van der Waals surface area contributed by atoms with Crippen molar-refractivity contribution in [1.82, 2.24) is 0 Å². The van der Waals surface area contributed by atoms with E-state index in [4.69, 9.17) is 33.3 Å². The number of rotatable bonds is 6. The van der Waals surface area contributed by atoms with E-state index in [2.05, 4.69) is 31.9 Å². The number of carbonyl (C=O) groups excluding carboxylic acids is 1. The fraction of sp³-hybridized carbons (Fsp3) is 0.100. The van der Waals surface area contributed by atoms with Crippen LogP contribution in [0.4, 0.5) is 17.1 Å². The summed E-state index contributed by atoms with van der Waals surface area (Å²) in [6.07, 6.45) is 0. The number of hydrogen-bond acceptors (Lipinski definition) is 5. The zero-order valence-corrected chi connectivity index (χ0v) is 19.9. The van der Waals surface area contributed by atoms with Gasteiger partial charge in [-0.05, 0) is 69.9 Å². The van der Waals surface area contributed by atoms with Crippen LogP contribution >= 0.6 is 51.1 Å². The number of nitrogens with one attached hydrogen (secondary N) is 3. The number of anilines is 3. The van der Waals surface area contributed by atoms with E-state index in [0.717, 1.165) is 10.2 Å². The third-order valence-corrected chi connectivity index (χ3v) is 6.28. The van der Waals surface area contributed by atoms with Gasteiger partial charge in [0.2, 0.25) is 0 Å². The van der Waals surface area contributed by atoms with Gasteiger partial charge >= 0.3 is 0 Å². The molecule has 0 fully saturated rings. The Bertz CT molecular complexity index is 1070. The van der Waals surface area contributed by atoms with Crippen LogP contribution in [0.5, 0.6) is 11.5 Å². The molecule has 0 radical (unpaired) electrons. The molecule has 0 unspecified atom stereocenters. The molecule has 3 aromatic rings. The molecule has 2 aromatic carbocycles. The second kappa shape index (κ2) is 10.1. The molecule has 0 bridgehead atoms. The summed E-state index contributed by atoms with van der Waals surface area (Å²) in [6.45, 7) is 0. The first-order chi connectivity index (χ1) is 14.4. The maximum atomic E-state index is 12.3. The van der Waals surface area contributed by atoms with Gasteiger partial charge in [-0.1, -0.05) is 11.6 Å². The quantitative estimate of drug-likeness (QED) is 0.330. The summed E-state index contributed by atoms with van der Waals surface area (Å²) in [6, 6.07) is 12.4. The van der Waals surface area contributed by atoms with E-state index >= 15 is 0 Å². The summed E-state index contributed by atoms with van der Waals surface area (Å²) in [4.78, 5) is 12.9. The van der Waals surface area contributed by atoms with Gasteiger partial charge in [0, 0.05) is 21.9 Å². The maximum absolute atomic E-state index is 12.3. The monoisotopic (exact) mass is 525 g/mol. The van der Waals surface area contributed by atoms with Crippen LogP contribution in [0.2, 0.25) is 5.02 Å². The molecule has 10 heteroatoms. The van der Waals surface area contributed by atoms with Gasteiger partial charge in [-0.25, -0.2) is 0 Å². The first-order valence-electron chi connectivity index (χ1n) is 8.55. The number of benzene rings is 2. The van der Waals surface area contributed by atoms with E-state index in [1.54, 1.807) is 31.4 Å². The van der Waals surface area contributed by atoms with Crippen molar-refractivity contribution in [2.24, 2.45) is 0 Å². The van der Waals surface area contributed by atoms with Crippen LogP contribution in [-0.4, -0.2) is 25.2 Å². The number of carbonyl (C=O) groups is 1. The summed E-state index contributed by atoms with van der Waals surface area (Å²) in [7, 11) is 3.08. The lowest BCUT2D eigenvalue weighted by Gasteiger charge is -2.15. The van der Waals surface area contributed by atoms with E-state index in [0.29, 0.717) is 37.9 Å². The lowest BCUT2D eigenvalue weighted by molar-refractivity contribution is 0.103. The Balaban J connectivity index is 1.63. The summed E-state index contributed by atoms with van der Waals surface area (Å²) in [5, 5.41) is 11.6. The van der Waals surface area contributed by atoms with Crippen LogP contribution in [0.25, 0.3) is 0 Å². The van der Waals surface area contributed by atoms with Crippen molar-refractivity contribution in [2.45, 2.75) is 0 Å². The van der Waals surface area contributed by atoms with Crippen molar-refractivity contribution < 1.29 is 14.3 Å². The molecular weight excluding hydrogens is 510 g/mol. The molecular formula is C20H17BrClN3O3S2. The fourth-order valence-corrected chi connectivity index (χ4v) is 4.44. The number of thiocarbonyl (C=S) groups is 1.